The lowest BCUT2D eigenvalue weighted by Crippen LogP contribution is -2.49. The Morgan fingerprint density at radius 3 is 2.20 bits per heavy atom. The summed E-state index contributed by atoms with van der Waals surface area (Å²) < 4.78 is 46.5. The van der Waals surface area contributed by atoms with Gasteiger partial charge in [-0.1, -0.05) is 29.8 Å². The molecule has 0 unspecified atom stereocenters. The molecule has 0 saturated heterocycles. The van der Waals surface area contributed by atoms with Gasteiger partial charge in [-0.05, 0) is 75.1 Å². The highest BCUT2D eigenvalue weighted by molar-refractivity contribution is 6.30. The maximum absolute atomic E-state index is 13.6. The molecule has 160 valence electrons. The Balaban J connectivity index is 2.28. The first-order valence-corrected chi connectivity index (χ1v) is 9.70. The van der Waals surface area contributed by atoms with Gasteiger partial charge in [0.15, 0.2) is 5.78 Å². The Bertz CT molecular complexity index is 1070. The van der Waals surface area contributed by atoms with Gasteiger partial charge in [0.2, 0.25) is 0 Å². The largest absolute Gasteiger partial charge is 0.508 e. The molecule has 3 nitrogen and oxygen atoms in total. The molecule has 0 atom stereocenters. The van der Waals surface area contributed by atoms with Crippen molar-refractivity contribution in [1.29, 1.82) is 0 Å². The van der Waals surface area contributed by atoms with Crippen LogP contribution in [-0.4, -0.2) is 22.1 Å². The molecule has 2 aromatic carbocycles. The van der Waals surface area contributed by atoms with Crippen LogP contribution in [0.4, 0.5) is 13.2 Å². The van der Waals surface area contributed by atoms with Crippen molar-refractivity contribution in [2.24, 2.45) is 0 Å². The van der Waals surface area contributed by atoms with Crippen LogP contribution in [0.5, 0.6) is 0 Å². The summed E-state index contributed by atoms with van der Waals surface area (Å²) in [5.74, 6) is -0.689. The molecule has 7 heteroatoms. The van der Waals surface area contributed by atoms with Crippen LogP contribution in [0, 0.1) is 6.92 Å². The van der Waals surface area contributed by atoms with E-state index in [2.05, 4.69) is 0 Å². The maximum Gasteiger partial charge on any atom is 0.417 e. The molecule has 0 fully saturated rings. The molecule has 1 aliphatic heterocycles. The van der Waals surface area contributed by atoms with Crippen molar-refractivity contribution < 1.29 is 27.8 Å². The van der Waals surface area contributed by atoms with E-state index < -0.39 is 28.7 Å². The van der Waals surface area contributed by atoms with Gasteiger partial charge in [0, 0.05) is 5.02 Å². The normalized spacial score (nSPS) is 18.6. The smallest absolute Gasteiger partial charge is 0.417 e. The average Bonchev–Trinajstić information content (AvgIpc) is 2.60. The number of halogens is 4. The van der Waals surface area contributed by atoms with Gasteiger partial charge in [-0.3, -0.25) is 4.79 Å². The average molecular weight is 439 g/mol. The number of ether oxygens (including phenoxy) is 1. The van der Waals surface area contributed by atoms with Gasteiger partial charge < -0.3 is 9.84 Å². The number of hydrogen-bond acceptors (Lipinski definition) is 3. The van der Waals surface area contributed by atoms with E-state index in [1.165, 1.54) is 18.2 Å². The van der Waals surface area contributed by atoms with Crippen LogP contribution in [-0.2, 0) is 15.7 Å². The fourth-order valence-electron chi connectivity index (χ4n) is 3.75. The molecule has 0 amide bonds. The van der Waals surface area contributed by atoms with E-state index in [1.807, 2.05) is 0 Å². The van der Waals surface area contributed by atoms with Crippen LogP contribution < -0.4 is 0 Å². The Morgan fingerprint density at radius 2 is 1.60 bits per heavy atom. The fourth-order valence-corrected chi connectivity index (χ4v) is 3.93. The number of carbonyl (C=O) groups is 1. The Labute approximate surface area is 178 Å². The minimum atomic E-state index is -4.61. The van der Waals surface area contributed by atoms with E-state index in [0.717, 1.165) is 6.07 Å². The first-order chi connectivity index (χ1) is 13.6. The summed E-state index contributed by atoms with van der Waals surface area (Å²) in [7, 11) is 0. The van der Waals surface area contributed by atoms with Gasteiger partial charge in [0.1, 0.15) is 17.0 Å². The van der Waals surface area contributed by atoms with Crippen LogP contribution in [0.15, 0.2) is 42.2 Å². The van der Waals surface area contributed by atoms with Crippen molar-refractivity contribution in [3.8, 4) is 11.1 Å². The van der Waals surface area contributed by atoms with Crippen molar-refractivity contribution in [2.75, 3.05) is 0 Å². The molecule has 1 aliphatic rings. The van der Waals surface area contributed by atoms with Crippen molar-refractivity contribution in [3.05, 3.63) is 63.9 Å². The summed E-state index contributed by atoms with van der Waals surface area (Å²) in [6.07, 6.45) is -4.61. The predicted octanol–water partition coefficient (Wildman–Crippen LogP) is 6.76. The number of hydrogen-bond donors (Lipinski definition) is 1. The maximum atomic E-state index is 13.6. The lowest BCUT2D eigenvalue weighted by atomic mass is 9.81. The molecular weight excluding hydrogens is 417 g/mol. The SMILES string of the molecule is Cc1ccc(-c2ccc(Cl)cc2C(F)(F)F)cc1C1=C(O)C(C)(C)OC(C)(C)C1=O. The van der Waals surface area contributed by atoms with E-state index in [0.29, 0.717) is 11.1 Å². The number of ketones is 1. The molecule has 3 rings (SSSR count). The van der Waals surface area contributed by atoms with Crippen LogP contribution in [0.3, 0.4) is 0 Å². The van der Waals surface area contributed by atoms with Crippen molar-refractivity contribution in [3.63, 3.8) is 0 Å². The number of Topliss-reactive ketones (excluding diaryl/α,β-unsaturated/α-hetero) is 1. The Morgan fingerprint density at radius 1 is 0.967 bits per heavy atom. The molecule has 1 N–H and O–H groups in total. The number of aliphatic hydroxyl groups is 1. The number of alkyl halides is 3. The zero-order chi connectivity index (χ0) is 22.6. The Kier molecular flexibility index (Phi) is 5.32. The molecule has 0 bridgehead atoms. The molecule has 0 aliphatic carbocycles. The van der Waals surface area contributed by atoms with Crippen LogP contribution in [0.25, 0.3) is 16.7 Å². The summed E-state index contributed by atoms with van der Waals surface area (Å²) in [5, 5.41) is 10.8. The topological polar surface area (TPSA) is 46.5 Å². The highest BCUT2D eigenvalue weighted by Crippen LogP contribution is 2.43. The fraction of sp³-hybridized carbons (Fsp3) is 0.348. The number of carbonyl (C=O) groups excluding carboxylic acids is 1. The molecule has 2 aromatic rings. The zero-order valence-corrected chi connectivity index (χ0v) is 18.0. The van der Waals surface area contributed by atoms with E-state index in [-0.39, 0.29) is 27.5 Å². The summed E-state index contributed by atoms with van der Waals surface area (Å²) in [4.78, 5) is 13.1. The summed E-state index contributed by atoms with van der Waals surface area (Å²) in [6, 6.07) is 8.23. The van der Waals surface area contributed by atoms with Crippen molar-refractivity contribution >= 4 is 23.0 Å². The van der Waals surface area contributed by atoms with Gasteiger partial charge in [0.25, 0.3) is 0 Å². The first-order valence-electron chi connectivity index (χ1n) is 9.32. The molecule has 0 spiro atoms. The first kappa shape index (κ1) is 22.4. The third kappa shape index (κ3) is 3.86. The van der Waals surface area contributed by atoms with Gasteiger partial charge in [0.05, 0.1) is 11.1 Å². The van der Waals surface area contributed by atoms with Crippen molar-refractivity contribution in [1.82, 2.24) is 0 Å². The molecule has 0 saturated carbocycles. The summed E-state index contributed by atoms with van der Waals surface area (Å²) in [5.41, 5.74) is -1.95. The highest BCUT2D eigenvalue weighted by atomic mass is 35.5. The molecule has 0 aromatic heterocycles. The van der Waals surface area contributed by atoms with Crippen LogP contribution in [0.2, 0.25) is 5.02 Å². The number of aliphatic hydroxyl groups excluding tert-OH is 1. The standard InChI is InChI=1S/C23H22ClF3O3/c1-12-6-7-13(15-9-8-14(24)11-17(15)23(25,26)27)10-16(12)18-19(28)21(2,3)30-22(4,5)20(18)29/h6-11,28H,1-5H3. The van der Waals surface area contributed by atoms with Gasteiger partial charge in [-0.2, -0.15) is 13.2 Å². The van der Waals surface area contributed by atoms with Gasteiger partial charge in [-0.25, -0.2) is 0 Å². The highest BCUT2D eigenvalue weighted by Gasteiger charge is 2.47. The van der Waals surface area contributed by atoms with E-state index in [1.54, 1.807) is 46.8 Å². The monoisotopic (exact) mass is 438 g/mol. The van der Waals surface area contributed by atoms with Gasteiger partial charge >= 0.3 is 6.18 Å². The quantitative estimate of drug-likeness (QED) is 0.563. The Hall–Kier alpha value is -2.31. The minimum absolute atomic E-state index is 0.0260. The second-order valence-corrected chi connectivity index (χ2v) is 8.83. The number of rotatable bonds is 2. The van der Waals surface area contributed by atoms with E-state index in [9.17, 15) is 23.1 Å². The zero-order valence-electron chi connectivity index (χ0n) is 17.2. The predicted molar refractivity (Wildman–Crippen MR) is 110 cm³/mol. The second-order valence-electron chi connectivity index (χ2n) is 8.39. The van der Waals surface area contributed by atoms with Crippen LogP contribution >= 0.6 is 11.6 Å². The van der Waals surface area contributed by atoms with Crippen molar-refractivity contribution in [2.45, 2.75) is 52.0 Å². The third-order valence-electron chi connectivity index (χ3n) is 5.20. The molecule has 1 heterocycles. The summed E-state index contributed by atoms with van der Waals surface area (Å²) >= 11 is 5.79. The minimum Gasteiger partial charge on any atom is -0.508 e. The molecule has 30 heavy (non-hydrogen) atoms. The summed E-state index contributed by atoms with van der Waals surface area (Å²) in [6.45, 7) is 8.20. The van der Waals surface area contributed by atoms with E-state index >= 15 is 0 Å². The van der Waals surface area contributed by atoms with Crippen LogP contribution in [0.1, 0.15) is 44.4 Å². The number of benzene rings is 2. The second kappa shape index (κ2) is 7.13. The van der Waals surface area contributed by atoms with E-state index in [4.69, 9.17) is 16.3 Å². The molecule has 0 radical (unpaired) electrons. The lowest BCUT2D eigenvalue weighted by molar-refractivity contribution is -0.158. The van der Waals surface area contributed by atoms with Gasteiger partial charge in [-0.15, -0.1) is 0 Å². The third-order valence-corrected chi connectivity index (χ3v) is 5.43. The molecular formula is C23H22ClF3O3. The lowest BCUT2D eigenvalue weighted by Gasteiger charge is -2.40. The number of aryl methyl sites for hydroxylation is 1.